The third-order valence-corrected chi connectivity index (χ3v) is 8.78. The van der Waals surface area contributed by atoms with E-state index in [1.54, 1.807) is 35.6 Å². The minimum atomic E-state index is -3.65. The Morgan fingerprint density at radius 2 is 2.03 bits per heavy atom. The van der Waals surface area contributed by atoms with Crippen LogP contribution in [0.4, 0.5) is 5.13 Å². The first-order valence-electron chi connectivity index (χ1n) is 10.3. The molecule has 0 radical (unpaired) electrons. The van der Waals surface area contributed by atoms with Crippen LogP contribution in [0.15, 0.2) is 29.2 Å². The molecular weight excluding hydrogens is 422 g/mol. The molecule has 4 rings (SSSR count). The van der Waals surface area contributed by atoms with Crippen molar-refractivity contribution < 1.29 is 17.9 Å². The average Bonchev–Trinajstić information content (AvgIpc) is 3.15. The van der Waals surface area contributed by atoms with E-state index in [4.69, 9.17) is 4.74 Å². The molecule has 1 aromatic heterocycles. The molecule has 2 aromatic rings. The number of carbonyl (C=O) groups is 1. The molecule has 1 saturated heterocycles. The van der Waals surface area contributed by atoms with Gasteiger partial charge in [-0.25, -0.2) is 13.4 Å². The van der Waals surface area contributed by atoms with Crippen LogP contribution in [0.2, 0.25) is 0 Å². The first kappa shape index (κ1) is 21.3. The Labute approximate surface area is 181 Å². The number of nitrogens with zero attached hydrogens (tertiary/aromatic N) is 2. The second-order valence-corrected chi connectivity index (χ2v) is 11.1. The highest BCUT2D eigenvalue weighted by molar-refractivity contribution is 7.89. The number of piperidine rings is 1. The summed E-state index contributed by atoms with van der Waals surface area (Å²) >= 11 is 1.55. The van der Waals surface area contributed by atoms with E-state index < -0.39 is 10.0 Å². The zero-order valence-electron chi connectivity index (χ0n) is 17.3. The van der Waals surface area contributed by atoms with Crippen LogP contribution in [-0.2, 0) is 27.7 Å². The molecule has 1 amide bonds. The summed E-state index contributed by atoms with van der Waals surface area (Å²) in [5, 5.41) is 3.57. The average molecular weight is 450 g/mol. The molecule has 1 fully saturated rings. The number of amides is 1. The molecule has 1 aromatic carbocycles. The van der Waals surface area contributed by atoms with Gasteiger partial charge in [-0.15, -0.1) is 11.3 Å². The number of sulfonamides is 1. The minimum Gasteiger partial charge on any atom is -0.497 e. The number of nitrogens with one attached hydrogen (secondary N) is 1. The van der Waals surface area contributed by atoms with E-state index >= 15 is 0 Å². The largest absolute Gasteiger partial charge is 0.497 e. The van der Waals surface area contributed by atoms with Crippen molar-refractivity contribution in [1.82, 2.24) is 9.29 Å². The highest BCUT2D eigenvalue weighted by atomic mass is 32.2. The standard InChI is InChI=1S/C21H27N3O4S2/c1-14-5-10-18-19(12-14)29-21(22-18)23-20(25)15-4-3-11-24(13-15)30(26,27)17-8-6-16(28-2)7-9-17/h6-9,14-15H,3-5,10-13H2,1-2H3,(H,22,23,25). The number of fused-ring (bicyclic) bond motifs is 1. The van der Waals surface area contributed by atoms with Crippen LogP contribution in [0.5, 0.6) is 5.75 Å². The Morgan fingerprint density at radius 1 is 1.27 bits per heavy atom. The topological polar surface area (TPSA) is 88.6 Å². The van der Waals surface area contributed by atoms with Crippen LogP contribution in [0, 0.1) is 11.8 Å². The van der Waals surface area contributed by atoms with Gasteiger partial charge >= 0.3 is 0 Å². The van der Waals surface area contributed by atoms with Gasteiger partial charge in [0.25, 0.3) is 0 Å². The Morgan fingerprint density at radius 3 is 2.77 bits per heavy atom. The zero-order valence-corrected chi connectivity index (χ0v) is 18.9. The number of thiazole rings is 1. The normalized spacial score (nSPS) is 22.3. The molecule has 1 aliphatic heterocycles. The quantitative estimate of drug-likeness (QED) is 0.757. The van der Waals surface area contributed by atoms with Crippen LogP contribution in [0.25, 0.3) is 0 Å². The number of rotatable bonds is 5. The van der Waals surface area contributed by atoms with Crippen molar-refractivity contribution in [3.63, 3.8) is 0 Å². The fourth-order valence-electron chi connectivity index (χ4n) is 4.07. The number of hydrogen-bond donors (Lipinski definition) is 1. The lowest BCUT2D eigenvalue weighted by molar-refractivity contribution is -0.120. The minimum absolute atomic E-state index is 0.149. The maximum absolute atomic E-state index is 13.0. The summed E-state index contributed by atoms with van der Waals surface area (Å²) in [5.74, 6) is 0.720. The van der Waals surface area contributed by atoms with Crippen molar-refractivity contribution in [2.24, 2.45) is 11.8 Å². The number of carbonyl (C=O) groups excluding carboxylic acids is 1. The SMILES string of the molecule is COc1ccc(S(=O)(=O)N2CCCC(C(=O)Nc3nc4c(s3)CC(C)CC4)C2)cc1. The number of methoxy groups -OCH3 is 1. The van der Waals surface area contributed by atoms with Gasteiger partial charge in [0.1, 0.15) is 5.75 Å². The maximum atomic E-state index is 13.0. The molecule has 162 valence electrons. The van der Waals surface area contributed by atoms with Crippen LogP contribution < -0.4 is 10.1 Å². The second-order valence-electron chi connectivity index (χ2n) is 8.10. The number of aromatic nitrogens is 1. The third kappa shape index (κ3) is 4.38. The van der Waals surface area contributed by atoms with Crippen LogP contribution in [0.1, 0.15) is 36.8 Å². The molecule has 7 nitrogen and oxygen atoms in total. The molecule has 1 N–H and O–H groups in total. The monoisotopic (exact) mass is 449 g/mol. The fraction of sp³-hybridized carbons (Fsp3) is 0.524. The van der Waals surface area contributed by atoms with Gasteiger partial charge in [-0.2, -0.15) is 4.31 Å². The predicted octanol–water partition coefficient (Wildman–Crippen LogP) is 3.32. The number of benzene rings is 1. The van der Waals surface area contributed by atoms with Gasteiger partial charge < -0.3 is 10.1 Å². The van der Waals surface area contributed by atoms with Crippen molar-refractivity contribution in [2.45, 2.75) is 43.9 Å². The Kier molecular flexibility index (Phi) is 6.13. The van der Waals surface area contributed by atoms with E-state index in [9.17, 15) is 13.2 Å². The van der Waals surface area contributed by atoms with Gasteiger partial charge in [0.15, 0.2) is 5.13 Å². The Bertz CT molecular complexity index is 1020. The molecule has 9 heteroatoms. The van der Waals surface area contributed by atoms with Crippen molar-refractivity contribution >= 4 is 32.4 Å². The smallest absolute Gasteiger partial charge is 0.243 e. The zero-order chi connectivity index (χ0) is 21.3. The predicted molar refractivity (Wildman–Crippen MR) is 116 cm³/mol. The summed E-state index contributed by atoms with van der Waals surface area (Å²) in [6.45, 7) is 2.84. The number of ether oxygens (including phenoxy) is 1. The van der Waals surface area contributed by atoms with E-state index in [1.807, 2.05) is 0 Å². The van der Waals surface area contributed by atoms with Crippen molar-refractivity contribution in [3.05, 3.63) is 34.8 Å². The highest BCUT2D eigenvalue weighted by Gasteiger charge is 2.34. The Hall–Kier alpha value is -1.97. The molecule has 1 aliphatic carbocycles. The second kappa shape index (κ2) is 8.64. The number of hydrogen-bond acceptors (Lipinski definition) is 6. The van der Waals surface area contributed by atoms with Gasteiger partial charge in [0.05, 0.1) is 23.6 Å². The molecule has 2 heterocycles. The summed E-state index contributed by atoms with van der Waals surface area (Å²) in [6, 6.07) is 6.34. The molecule has 0 spiro atoms. The maximum Gasteiger partial charge on any atom is 0.243 e. The van der Waals surface area contributed by atoms with Crippen LogP contribution in [0.3, 0.4) is 0 Å². The highest BCUT2D eigenvalue weighted by Crippen LogP contribution is 2.33. The molecule has 0 bridgehead atoms. The summed E-state index contributed by atoms with van der Waals surface area (Å²) in [7, 11) is -2.11. The van der Waals surface area contributed by atoms with E-state index in [0.717, 1.165) is 25.0 Å². The van der Waals surface area contributed by atoms with E-state index in [-0.39, 0.29) is 23.3 Å². The van der Waals surface area contributed by atoms with Crippen LogP contribution in [-0.4, -0.2) is 43.8 Å². The van der Waals surface area contributed by atoms with Crippen molar-refractivity contribution in [2.75, 3.05) is 25.5 Å². The van der Waals surface area contributed by atoms with Gasteiger partial charge in [0, 0.05) is 18.0 Å². The summed E-state index contributed by atoms with van der Waals surface area (Å²) in [4.78, 5) is 18.9. The summed E-state index contributed by atoms with van der Waals surface area (Å²) in [5.41, 5.74) is 1.10. The fourth-order valence-corrected chi connectivity index (χ4v) is 6.77. The van der Waals surface area contributed by atoms with Gasteiger partial charge in [-0.1, -0.05) is 6.92 Å². The van der Waals surface area contributed by atoms with Crippen molar-refractivity contribution in [3.8, 4) is 5.75 Å². The lowest BCUT2D eigenvalue weighted by Gasteiger charge is -2.31. The van der Waals surface area contributed by atoms with Gasteiger partial charge in [-0.05, 0) is 62.3 Å². The van der Waals surface area contributed by atoms with E-state index in [1.165, 1.54) is 16.3 Å². The number of aryl methyl sites for hydroxylation is 1. The van der Waals surface area contributed by atoms with E-state index in [2.05, 4.69) is 17.2 Å². The molecule has 0 saturated carbocycles. The van der Waals surface area contributed by atoms with Crippen molar-refractivity contribution in [1.29, 1.82) is 0 Å². The van der Waals surface area contributed by atoms with E-state index in [0.29, 0.717) is 36.2 Å². The first-order valence-corrected chi connectivity index (χ1v) is 12.6. The molecule has 2 aliphatic rings. The molecule has 2 unspecified atom stereocenters. The van der Waals surface area contributed by atoms with Gasteiger partial charge in [0.2, 0.25) is 15.9 Å². The lowest BCUT2D eigenvalue weighted by Crippen LogP contribution is -2.43. The lowest BCUT2D eigenvalue weighted by atomic mass is 9.93. The summed E-state index contributed by atoms with van der Waals surface area (Å²) < 4.78 is 32.6. The molecular formula is C21H27N3O4S2. The summed E-state index contributed by atoms with van der Waals surface area (Å²) in [6.07, 6.45) is 4.42. The Balaban J connectivity index is 1.43. The van der Waals surface area contributed by atoms with Crippen LogP contribution >= 0.6 is 11.3 Å². The van der Waals surface area contributed by atoms with Gasteiger partial charge in [-0.3, -0.25) is 4.79 Å². The number of anilines is 1. The third-order valence-electron chi connectivity index (χ3n) is 5.87. The molecule has 30 heavy (non-hydrogen) atoms. The first-order chi connectivity index (χ1) is 14.4. The molecule has 2 atom stereocenters.